The van der Waals surface area contributed by atoms with Gasteiger partial charge < -0.3 is 10.1 Å². The van der Waals surface area contributed by atoms with E-state index in [1.807, 2.05) is 36.4 Å². The molecule has 7 heteroatoms. The molecule has 0 radical (unpaired) electrons. The Morgan fingerprint density at radius 1 is 1.27 bits per heavy atom. The van der Waals surface area contributed by atoms with Crippen LogP contribution in [0.1, 0.15) is 0 Å². The van der Waals surface area contributed by atoms with Crippen LogP contribution in [0.25, 0.3) is 16.9 Å². The molecule has 0 unspecified atom stereocenters. The molecule has 2 N–H and O–H groups in total. The number of nitrogens with one attached hydrogen (secondary N) is 2. The summed E-state index contributed by atoms with van der Waals surface area (Å²) in [6, 6.07) is 11.1. The summed E-state index contributed by atoms with van der Waals surface area (Å²) < 4.78 is 6.85. The zero-order chi connectivity index (χ0) is 15.5. The maximum Gasteiger partial charge on any atom is 0.320 e. The Bertz CT molecular complexity index is 828. The summed E-state index contributed by atoms with van der Waals surface area (Å²) in [4.78, 5) is 15.6. The second-order valence-electron chi connectivity index (χ2n) is 4.58. The number of anilines is 1. The summed E-state index contributed by atoms with van der Waals surface area (Å²) in [5, 5.41) is 9.59. The van der Waals surface area contributed by atoms with Gasteiger partial charge in [-0.1, -0.05) is 12.1 Å². The van der Waals surface area contributed by atoms with Crippen LogP contribution in [0.2, 0.25) is 0 Å². The van der Waals surface area contributed by atoms with E-state index in [0.29, 0.717) is 11.5 Å². The first-order valence-electron chi connectivity index (χ1n) is 6.69. The number of nitrogens with zero attached hydrogens (tertiary/aromatic N) is 3. The van der Waals surface area contributed by atoms with Crippen molar-refractivity contribution in [3.05, 3.63) is 42.6 Å². The smallest absolute Gasteiger partial charge is 0.320 e. The first-order chi connectivity index (χ1) is 10.7. The molecule has 0 aliphatic heterocycles. The Labute approximate surface area is 126 Å². The number of carbonyl (C=O) groups excluding carboxylic acids is 1. The average molecular weight is 297 g/mol. The standard InChI is InChI=1S/C15H15N5O2/c1-16-15(21)18-13-9-20-14(17-13)7-6-12(19-20)10-4-3-5-11(8-10)22-2/h3-9H,1-2H3,(H2,16,18,21). The van der Waals surface area contributed by atoms with Crippen LogP contribution in [-0.4, -0.2) is 34.8 Å². The molecule has 0 spiro atoms. The van der Waals surface area contributed by atoms with E-state index < -0.39 is 0 Å². The molecule has 112 valence electrons. The molecular formula is C15H15N5O2. The summed E-state index contributed by atoms with van der Waals surface area (Å²) in [6.45, 7) is 0. The van der Waals surface area contributed by atoms with Gasteiger partial charge in [0.05, 0.1) is 19.0 Å². The average Bonchev–Trinajstić information content (AvgIpc) is 2.95. The van der Waals surface area contributed by atoms with Crippen LogP contribution >= 0.6 is 0 Å². The minimum Gasteiger partial charge on any atom is -0.497 e. The molecule has 3 rings (SSSR count). The molecule has 2 amide bonds. The maximum absolute atomic E-state index is 11.3. The number of hydrogen-bond donors (Lipinski definition) is 2. The van der Waals surface area contributed by atoms with Crippen molar-refractivity contribution < 1.29 is 9.53 Å². The number of carbonyl (C=O) groups is 1. The quantitative estimate of drug-likeness (QED) is 0.776. The van der Waals surface area contributed by atoms with Crippen molar-refractivity contribution in [2.45, 2.75) is 0 Å². The van der Waals surface area contributed by atoms with Crippen LogP contribution < -0.4 is 15.4 Å². The van der Waals surface area contributed by atoms with Crippen molar-refractivity contribution in [1.82, 2.24) is 19.9 Å². The third kappa shape index (κ3) is 2.69. The first-order valence-corrected chi connectivity index (χ1v) is 6.69. The fourth-order valence-electron chi connectivity index (χ4n) is 2.06. The lowest BCUT2D eigenvalue weighted by Gasteiger charge is -2.04. The van der Waals surface area contributed by atoms with Gasteiger partial charge in [0.15, 0.2) is 11.5 Å². The molecule has 3 aromatic rings. The number of urea groups is 1. The number of imidazole rings is 1. The number of hydrogen-bond acceptors (Lipinski definition) is 4. The van der Waals surface area contributed by atoms with Gasteiger partial charge in [0, 0.05) is 12.6 Å². The van der Waals surface area contributed by atoms with Gasteiger partial charge >= 0.3 is 6.03 Å². The molecule has 0 aliphatic carbocycles. The molecule has 0 atom stereocenters. The number of ether oxygens (including phenoxy) is 1. The predicted molar refractivity (Wildman–Crippen MR) is 83.1 cm³/mol. The van der Waals surface area contributed by atoms with E-state index in [4.69, 9.17) is 4.74 Å². The lowest BCUT2D eigenvalue weighted by atomic mass is 10.1. The van der Waals surface area contributed by atoms with Gasteiger partial charge in [-0.25, -0.2) is 14.3 Å². The summed E-state index contributed by atoms with van der Waals surface area (Å²) in [5.41, 5.74) is 2.38. The summed E-state index contributed by atoms with van der Waals surface area (Å²) in [5.74, 6) is 1.21. The number of aromatic nitrogens is 3. The zero-order valence-corrected chi connectivity index (χ0v) is 12.2. The van der Waals surface area contributed by atoms with Crippen LogP contribution in [0, 0.1) is 0 Å². The zero-order valence-electron chi connectivity index (χ0n) is 12.2. The molecule has 7 nitrogen and oxygen atoms in total. The highest BCUT2D eigenvalue weighted by Gasteiger charge is 2.07. The Morgan fingerprint density at radius 3 is 2.91 bits per heavy atom. The van der Waals surface area contributed by atoms with Gasteiger partial charge in [-0.2, -0.15) is 5.10 Å². The van der Waals surface area contributed by atoms with Gasteiger partial charge in [-0.3, -0.25) is 5.32 Å². The highest BCUT2D eigenvalue weighted by atomic mass is 16.5. The largest absolute Gasteiger partial charge is 0.497 e. The number of benzene rings is 1. The predicted octanol–water partition coefficient (Wildman–Crippen LogP) is 2.16. The van der Waals surface area contributed by atoms with Crippen molar-refractivity contribution in [2.24, 2.45) is 0 Å². The minimum atomic E-state index is -0.323. The maximum atomic E-state index is 11.3. The lowest BCUT2D eigenvalue weighted by molar-refractivity contribution is 0.254. The molecule has 0 aliphatic rings. The monoisotopic (exact) mass is 297 g/mol. The fourth-order valence-corrected chi connectivity index (χ4v) is 2.06. The SMILES string of the molecule is CNC(=O)Nc1cn2nc(-c3cccc(OC)c3)ccc2n1. The molecule has 0 bridgehead atoms. The van der Waals surface area contributed by atoms with Crippen LogP contribution in [-0.2, 0) is 0 Å². The highest BCUT2D eigenvalue weighted by Crippen LogP contribution is 2.22. The van der Waals surface area contributed by atoms with E-state index in [1.54, 1.807) is 24.9 Å². The summed E-state index contributed by atoms with van der Waals surface area (Å²) in [7, 11) is 3.17. The Kier molecular flexibility index (Phi) is 3.61. The summed E-state index contributed by atoms with van der Waals surface area (Å²) >= 11 is 0. The van der Waals surface area contributed by atoms with E-state index in [9.17, 15) is 4.79 Å². The number of amides is 2. The molecule has 22 heavy (non-hydrogen) atoms. The molecular weight excluding hydrogens is 282 g/mol. The number of fused-ring (bicyclic) bond motifs is 1. The van der Waals surface area contributed by atoms with E-state index in [-0.39, 0.29) is 6.03 Å². The first kappa shape index (κ1) is 13.9. The molecule has 2 heterocycles. The van der Waals surface area contributed by atoms with Gasteiger partial charge in [0.25, 0.3) is 0 Å². The summed E-state index contributed by atoms with van der Waals surface area (Å²) in [6.07, 6.45) is 1.66. The van der Waals surface area contributed by atoms with Gasteiger partial charge in [-0.05, 0) is 24.3 Å². The van der Waals surface area contributed by atoms with E-state index >= 15 is 0 Å². The Morgan fingerprint density at radius 2 is 2.14 bits per heavy atom. The Balaban J connectivity index is 1.96. The highest BCUT2D eigenvalue weighted by molar-refractivity contribution is 5.88. The van der Waals surface area contributed by atoms with E-state index in [2.05, 4.69) is 20.7 Å². The number of rotatable bonds is 3. The van der Waals surface area contributed by atoms with Crippen LogP contribution in [0.4, 0.5) is 10.6 Å². The van der Waals surface area contributed by atoms with Crippen molar-refractivity contribution >= 4 is 17.5 Å². The third-order valence-corrected chi connectivity index (χ3v) is 3.15. The minimum absolute atomic E-state index is 0.323. The van der Waals surface area contributed by atoms with E-state index in [0.717, 1.165) is 17.0 Å². The van der Waals surface area contributed by atoms with Gasteiger partial charge in [0.1, 0.15) is 5.75 Å². The van der Waals surface area contributed by atoms with E-state index in [1.165, 1.54) is 0 Å². The van der Waals surface area contributed by atoms with Crippen LogP contribution in [0.5, 0.6) is 5.75 Å². The number of methoxy groups -OCH3 is 1. The molecule has 0 saturated heterocycles. The fraction of sp³-hybridized carbons (Fsp3) is 0.133. The lowest BCUT2D eigenvalue weighted by Crippen LogP contribution is -2.24. The third-order valence-electron chi connectivity index (χ3n) is 3.15. The van der Waals surface area contributed by atoms with Crippen LogP contribution in [0.15, 0.2) is 42.6 Å². The van der Waals surface area contributed by atoms with Crippen molar-refractivity contribution in [1.29, 1.82) is 0 Å². The van der Waals surface area contributed by atoms with Crippen LogP contribution in [0.3, 0.4) is 0 Å². The topological polar surface area (TPSA) is 80.6 Å². The second-order valence-corrected chi connectivity index (χ2v) is 4.58. The second kappa shape index (κ2) is 5.72. The van der Waals surface area contributed by atoms with Crippen molar-refractivity contribution in [2.75, 3.05) is 19.5 Å². The van der Waals surface area contributed by atoms with Crippen molar-refractivity contribution in [3.63, 3.8) is 0 Å². The molecule has 0 saturated carbocycles. The Hall–Kier alpha value is -3.09. The normalized spacial score (nSPS) is 10.5. The molecule has 1 aromatic carbocycles. The van der Waals surface area contributed by atoms with Gasteiger partial charge in [0.2, 0.25) is 0 Å². The molecule has 2 aromatic heterocycles. The van der Waals surface area contributed by atoms with Crippen molar-refractivity contribution in [3.8, 4) is 17.0 Å². The van der Waals surface area contributed by atoms with Gasteiger partial charge in [-0.15, -0.1) is 0 Å². The molecule has 0 fully saturated rings.